The van der Waals surface area contributed by atoms with Gasteiger partial charge in [0, 0.05) is 0 Å². The molecule has 1 rings (SSSR count). The van der Waals surface area contributed by atoms with Crippen LogP contribution in [0.1, 0.15) is 11.1 Å². The van der Waals surface area contributed by atoms with Crippen molar-refractivity contribution in [2.75, 3.05) is 0 Å². The summed E-state index contributed by atoms with van der Waals surface area (Å²) in [5.74, 6) is 0.278. The van der Waals surface area contributed by atoms with Gasteiger partial charge in [0.1, 0.15) is 5.75 Å². The van der Waals surface area contributed by atoms with E-state index in [0.717, 1.165) is 17.4 Å². The number of hydrogen-bond donors (Lipinski definition) is 2. The Morgan fingerprint density at radius 3 is 2.64 bits per heavy atom. The molecule has 0 saturated carbocycles. The van der Waals surface area contributed by atoms with Crippen molar-refractivity contribution in [3.63, 3.8) is 0 Å². The fraction of sp³-hybridized carbons (Fsp3) is 0.111. The average Bonchev–Trinajstić information content (AvgIpc) is 1.98. The number of phenolic OH excluding ortho intramolecular Hbond substituents is 1. The van der Waals surface area contributed by atoms with Gasteiger partial charge in [-0.3, -0.25) is 0 Å². The quantitative estimate of drug-likeness (QED) is 0.602. The van der Waals surface area contributed by atoms with Gasteiger partial charge in [-0.05, 0) is 36.3 Å². The highest BCUT2D eigenvalue weighted by Gasteiger charge is 1.93. The fourth-order valence-electron chi connectivity index (χ4n) is 0.868. The molecule has 2 heteroatoms. The number of rotatable bonds is 1. The van der Waals surface area contributed by atoms with Gasteiger partial charge in [-0.1, -0.05) is 6.07 Å². The second-order valence-electron chi connectivity index (χ2n) is 2.36. The molecular weight excluding hydrogens is 140 g/mol. The molecule has 2 nitrogen and oxygen atoms in total. The molecule has 2 N–H and O–H groups in total. The first kappa shape index (κ1) is 7.66. The van der Waals surface area contributed by atoms with Gasteiger partial charge in [-0.15, -0.1) is 0 Å². The lowest BCUT2D eigenvalue weighted by Crippen LogP contribution is -1.76. The Morgan fingerprint density at radius 2 is 2.09 bits per heavy atom. The van der Waals surface area contributed by atoms with Gasteiger partial charge in [0.15, 0.2) is 0 Å². The number of aliphatic hydroxyl groups is 1. The molecule has 0 spiro atoms. The van der Waals surface area contributed by atoms with E-state index in [1.54, 1.807) is 24.3 Å². The topological polar surface area (TPSA) is 40.5 Å². The number of aliphatic hydroxyl groups excluding tert-OH is 1. The van der Waals surface area contributed by atoms with E-state index in [9.17, 15) is 0 Å². The van der Waals surface area contributed by atoms with E-state index >= 15 is 0 Å². The summed E-state index contributed by atoms with van der Waals surface area (Å²) in [6.45, 7) is 1.81. The Hall–Kier alpha value is -1.44. The molecule has 0 fully saturated rings. The zero-order valence-corrected chi connectivity index (χ0v) is 6.28. The fourth-order valence-corrected chi connectivity index (χ4v) is 0.868. The largest absolute Gasteiger partial charge is 0.516 e. The lowest BCUT2D eigenvalue weighted by Gasteiger charge is -1.98. The molecule has 0 saturated heterocycles. The summed E-state index contributed by atoms with van der Waals surface area (Å²) in [6, 6.07) is 5.13. The van der Waals surface area contributed by atoms with Crippen LogP contribution in [0.2, 0.25) is 0 Å². The summed E-state index contributed by atoms with van der Waals surface area (Å²) < 4.78 is 0. The smallest absolute Gasteiger partial charge is 0.118 e. The number of aromatic hydroxyl groups is 1. The summed E-state index contributed by atoms with van der Waals surface area (Å²) in [4.78, 5) is 0. The standard InChI is InChI=1S/C9H10O2/c1-7-6-8(4-5-10)2-3-9(7)11/h2-6,10-11H,1H3. The van der Waals surface area contributed by atoms with Gasteiger partial charge in [0.2, 0.25) is 0 Å². The summed E-state index contributed by atoms with van der Waals surface area (Å²) in [7, 11) is 0. The van der Waals surface area contributed by atoms with Gasteiger partial charge >= 0.3 is 0 Å². The first-order valence-corrected chi connectivity index (χ1v) is 3.34. The van der Waals surface area contributed by atoms with E-state index in [2.05, 4.69) is 0 Å². The summed E-state index contributed by atoms with van der Waals surface area (Å²) >= 11 is 0. The molecule has 0 aliphatic carbocycles. The maximum absolute atomic E-state index is 9.13. The van der Waals surface area contributed by atoms with Crippen LogP contribution in [0.3, 0.4) is 0 Å². The highest BCUT2D eigenvalue weighted by molar-refractivity contribution is 5.51. The maximum atomic E-state index is 9.13. The highest BCUT2D eigenvalue weighted by atomic mass is 16.3. The number of aryl methyl sites for hydroxylation is 1. The van der Waals surface area contributed by atoms with Crippen molar-refractivity contribution in [1.82, 2.24) is 0 Å². The minimum atomic E-state index is 0.278. The van der Waals surface area contributed by atoms with E-state index in [4.69, 9.17) is 10.2 Å². The minimum Gasteiger partial charge on any atom is -0.516 e. The van der Waals surface area contributed by atoms with Crippen LogP contribution in [0.25, 0.3) is 6.08 Å². The predicted molar refractivity (Wildman–Crippen MR) is 44.5 cm³/mol. The molecule has 0 bridgehead atoms. The molecule has 0 aliphatic rings. The normalized spacial score (nSPS) is 10.6. The summed E-state index contributed by atoms with van der Waals surface area (Å²) in [5, 5.41) is 17.6. The van der Waals surface area contributed by atoms with Crippen molar-refractivity contribution in [2.45, 2.75) is 6.92 Å². The van der Waals surface area contributed by atoms with Crippen LogP contribution in [0.5, 0.6) is 5.75 Å². The Morgan fingerprint density at radius 1 is 1.36 bits per heavy atom. The van der Waals surface area contributed by atoms with Crippen molar-refractivity contribution < 1.29 is 10.2 Å². The molecule has 0 aromatic heterocycles. The molecule has 11 heavy (non-hydrogen) atoms. The van der Waals surface area contributed by atoms with E-state index in [1.807, 2.05) is 6.92 Å². The van der Waals surface area contributed by atoms with Crippen LogP contribution in [0, 0.1) is 6.92 Å². The molecule has 1 aromatic rings. The summed E-state index contributed by atoms with van der Waals surface area (Å²) in [5.41, 5.74) is 1.68. The van der Waals surface area contributed by atoms with E-state index in [1.165, 1.54) is 0 Å². The van der Waals surface area contributed by atoms with Crippen LogP contribution in [-0.4, -0.2) is 10.2 Å². The van der Waals surface area contributed by atoms with E-state index < -0.39 is 0 Å². The number of phenols is 1. The molecule has 0 unspecified atom stereocenters. The van der Waals surface area contributed by atoms with Gasteiger partial charge in [0.05, 0.1) is 6.26 Å². The molecule has 0 atom stereocenters. The van der Waals surface area contributed by atoms with Crippen LogP contribution in [-0.2, 0) is 0 Å². The zero-order chi connectivity index (χ0) is 8.27. The Balaban J connectivity index is 3.05. The van der Waals surface area contributed by atoms with Crippen molar-refractivity contribution in [3.05, 3.63) is 35.6 Å². The lowest BCUT2D eigenvalue weighted by atomic mass is 10.1. The van der Waals surface area contributed by atoms with Crippen molar-refractivity contribution in [1.29, 1.82) is 0 Å². The first-order valence-electron chi connectivity index (χ1n) is 3.34. The molecule has 58 valence electrons. The van der Waals surface area contributed by atoms with Crippen molar-refractivity contribution in [2.24, 2.45) is 0 Å². The summed E-state index contributed by atoms with van der Waals surface area (Å²) in [6.07, 6.45) is 2.54. The Labute approximate surface area is 65.4 Å². The van der Waals surface area contributed by atoms with Crippen LogP contribution < -0.4 is 0 Å². The SMILES string of the molecule is Cc1cc(C=CO)ccc1O. The third-order valence-corrected chi connectivity index (χ3v) is 1.49. The Kier molecular flexibility index (Phi) is 2.16. The van der Waals surface area contributed by atoms with Gasteiger partial charge < -0.3 is 10.2 Å². The molecule has 0 aliphatic heterocycles. The van der Waals surface area contributed by atoms with Gasteiger partial charge in [-0.25, -0.2) is 0 Å². The van der Waals surface area contributed by atoms with Gasteiger partial charge in [-0.2, -0.15) is 0 Å². The second kappa shape index (κ2) is 3.10. The number of hydrogen-bond acceptors (Lipinski definition) is 2. The van der Waals surface area contributed by atoms with Crippen LogP contribution in [0.15, 0.2) is 24.5 Å². The van der Waals surface area contributed by atoms with E-state index in [-0.39, 0.29) is 5.75 Å². The predicted octanol–water partition coefficient (Wildman–Crippen LogP) is 2.23. The first-order chi connectivity index (χ1) is 5.24. The van der Waals surface area contributed by atoms with Crippen molar-refractivity contribution >= 4 is 6.08 Å². The van der Waals surface area contributed by atoms with Crippen LogP contribution in [0.4, 0.5) is 0 Å². The third-order valence-electron chi connectivity index (χ3n) is 1.49. The Bertz CT molecular complexity index is 277. The second-order valence-corrected chi connectivity index (χ2v) is 2.36. The molecule has 0 amide bonds. The minimum absolute atomic E-state index is 0.278. The van der Waals surface area contributed by atoms with Crippen LogP contribution >= 0.6 is 0 Å². The monoisotopic (exact) mass is 150 g/mol. The van der Waals surface area contributed by atoms with Gasteiger partial charge in [0.25, 0.3) is 0 Å². The zero-order valence-electron chi connectivity index (χ0n) is 6.28. The molecule has 0 radical (unpaired) electrons. The highest BCUT2D eigenvalue weighted by Crippen LogP contribution is 2.17. The molecular formula is C9H10O2. The maximum Gasteiger partial charge on any atom is 0.118 e. The van der Waals surface area contributed by atoms with E-state index in [0.29, 0.717) is 0 Å². The molecule has 1 aromatic carbocycles. The average molecular weight is 150 g/mol. The molecule has 0 heterocycles. The lowest BCUT2D eigenvalue weighted by molar-refractivity contribution is 0.470. The van der Waals surface area contributed by atoms with Crippen molar-refractivity contribution in [3.8, 4) is 5.75 Å². The number of benzene rings is 1. The third kappa shape index (κ3) is 1.74.